The van der Waals surface area contributed by atoms with Crippen molar-refractivity contribution in [1.82, 2.24) is 9.97 Å². The number of aromatic carboxylic acids is 1. The molecule has 2 heterocycles. The number of anilines is 1. The van der Waals surface area contributed by atoms with Crippen LogP contribution in [0, 0.1) is 13.8 Å². The second kappa shape index (κ2) is 18.6. The summed E-state index contributed by atoms with van der Waals surface area (Å²) in [6.45, 7) is 3.41. The Bertz CT molecular complexity index is 2310. The number of amides is 1. The van der Waals surface area contributed by atoms with Crippen molar-refractivity contribution in [3.05, 3.63) is 161 Å². The highest BCUT2D eigenvalue weighted by Gasteiger charge is 2.37. The average molecular weight is 790 g/mol. The van der Waals surface area contributed by atoms with Crippen molar-refractivity contribution in [3.63, 3.8) is 0 Å². The summed E-state index contributed by atoms with van der Waals surface area (Å²) in [5.41, 5.74) is 9.20. The lowest BCUT2D eigenvalue weighted by Crippen LogP contribution is -2.13. The number of aryl methyl sites for hydroxylation is 2. The molecule has 0 spiro atoms. The summed E-state index contributed by atoms with van der Waals surface area (Å²) >= 11 is 0. The van der Waals surface area contributed by atoms with Gasteiger partial charge in [-0.3, -0.25) is 14.8 Å². The zero-order chi connectivity index (χ0) is 41.9. The molecule has 0 saturated carbocycles. The van der Waals surface area contributed by atoms with Gasteiger partial charge in [0.15, 0.2) is 0 Å². The Morgan fingerprint density at radius 3 is 1.72 bits per heavy atom. The maximum Gasteiger partial charge on any atom is 0.417 e. The molecule has 15 heteroatoms. The van der Waals surface area contributed by atoms with Crippen LogP contribution < -0.4 is 14.8 Å². The van der Waals surface area contributed by atoms with Crippen LogP contribution in [0.2, 0.25) is 0 Å². The number of carboxylic acid groups (broad SMARTS) is 1. The molecule has 296 valence electrons. The standard InChI is InChI=1S/C21H14F6N2O.C14H14NO2.C7H7NO2/c1-12-11-28-9-8-16(12)19(30)29-15-5-2-13(3-6-15)17-10-14(20(22,23)24)4-7-18(17)21(25,26)27;1-16-12-7-8-14(17-2)13(9-12)10-3-5-11(15)6-4-10;1-5-4-8-3-2-6(5)7(9)10/h2-11H,1H3,(H,29,30);3-9,15H,1-2H3;2-4H,1H3,(H,9,10)/q;-1;. The van der Waals surface area contributed by atoms with E-state index in [9.17, 15) is 35.9 Å². The summed E-state index contributed by atoms with van der Waals surface area (Å²) in [6.07, 6.45) is -3.66. The summed E-state index contributed by atoms with van der Waals surface area (Å²) < 4.78 is 89.4. The van der Waals surface area contributed by atoms with Crippen LogP contribution in [0.4, 0.5) is 37.7 Å². The molecule has 0 radical (unpaired) electrons. The highest BCUT2D eigenvalue weighted by atomic mass is 19.4. The SMILES string of the molecule is COc1ccc(OC)c(-c2ccc([NH-])cc2)c1.Cc1cnccc1C(=O)Nc1ccc(-c2cc(C(F)(F)F)ccc2C(F)(F)F)cc1.Cc1cnccc1C(=O)O. The molecule has 0 aliphatic rings. The molecule has 0 saturated heterocycles. The number of aromatic nitrogens is 2. The molecule has 9 nitrogen and oxygen atoms in total. The number of nitrogens with zero attached hydrogens (tertiary/aromatic N) is 2. The number of hydrogen-bond donors (Lipinski definition) is 2. The van der Waals surface area contributed by atoms with Crippen molar-refractivity contribution in [1.29, 1.82) is 0 Å². The predicted octanol–water partition coefficient (Wildman–Crippen LogP) is 11.5. The Morgan fingerprint density at radius 1 is 0.667 bits per heavy atom. The van der Waals surface area contributed by atoms with E-state index in [1.165, 1.54) is 61.2 Å². The van der Waals surface area contributed by atoms with Crippen LogP contribution in [0.25, 0.3) is 28.0 Å². The molecule has 0 aliphatic heterocycles. The molecule has 0 unspecified atom stereocenters. The first-order chi connectivity index (χ1) is 26.9. The van der Waals surface area contributed by atoms with Crippen molar-refractivity contribution in [2.75, 3.05) is 19.5 Å². The number of carboxylic acids is 1. The van der Waals surface area contributed by atoms with Gasteiger partial charge in [0.2, 0.25) is 0 Å². The van der Waals surface area contributed by atoms with Gasteiger partial charge in [-0.25, -0.2) is 4.79 Å². The van der Waals surface area contributed by atoms with Crippen LogP contribution in [0.3, 0.4) is 0 Å². The number of benzene rings is 4. The largest absolute Gasteiger partial charge is 0.699 e. The lowest BCUT2D eigenvalue weighted by atomic mass is 9.96. The molecule has 6 rings (SSSR count). The molecule has 0 atom stereocenters. The monoisotopic (exact) mass is 789 g/mol. The Balaban J connectivity index is 0.000000222. The van der Waals surface area contributed by atoms with Crippen molar-refractivity contribution < 1.29 is 50.5 Å². The zero-order valence-corrected chi connectivity index (χ0v) is 30.8. The number of alkyl halides is 6. The van der Waals surface area contributed by atoms with Crippen molar-refractivity contribution in [2.45, 2.75) is 26.2 Å². The van der Waals surface area contributed by atoms with Gasteiger partial charge in [0.25, 0.3) is 5.91 Å². The molecule has 0 fully saturated rings. The van der Waals surface area contributed by atoms with Gasteiger partial charge >= 0.3 is 18.3 Å². The first-order valence-corrected chi connectivity index (χ1v) is 16.7. The maximum absolute atomic E-state index is 13.3. The topological polar surface area (TPSA) is 134 Å². The van der Waals surface area contributed by atoms with Gasteiger partial charge in [0.05, 0.1) is 30.9 Å². The fraction of sp³-hybridized carbons (Fsp3) is 0.143. The van der Waals surface area contributed by atoms with E-state index in [4.69, 9.17) is 20.3 Å². The number of carbonyl (C=O) groups is 2. The number of rotatable bonds is 7. The second-order valence-electron chi connectivity index (χ2n) is 12.1. The van der Waals surface area contributed by atoms with E-state index >= 15 is 0 Å². The lowest BCUT2D eigenvalue weighted by molar-refractivity contribution is -0.141. The van der Waals surface area contributed by atoms with Crippen LogP contribution in [0.5, 0.6) is 11.5 Å². The first-order valence-electron chi connectivity index (χ1n) is 16.7. The minimum Gasteiger partial charge on any atom is -0.699 e. The van der Waals surface area contributed by atoms with E-state index in [1.807, 2.05) is 30.3 Å². The number of ether oxygens (including phenoxy) is 2. The Labute approximate surface area is 323 Å². The molecular formula is C42H35F6N4O5-. The normalized spacial score (nSPS) is 10.9. The highest BCUT2D eigenvalue weighted by Crippen LogP contribution is 2.41. The van der Waals surface area contributed by atoms with Crippen LogP contribution in [-0.4, -0.2) is 41.2 Å². The molecular weight excluding hydrogens is 754 g/mol. The summed E-state index contributed by atoms with van der Waals surface area (Å²) in [5, 5.41) is 11.1. The van der Waals surface area contributed by atoms with Crippen molar-refractivity contribution >= 4 is 23.3 Å². The van der Waals surface area contributed by atoms with Gasteiger partial charge in [-0.2, -0.15) is 26.3 Å². The van der Waals surface area contributed by atoms with E-state index in [0.29, 0.717) is 46.1 Å². The van der Waals surface area contributed by atoms with Crippen molar-refractivity contribution in [3.8, 4) is 33.8 Å². The molecule has 2 aromatic heterocycles. The highest BCUT2D eigenvalue weighted by molar-refractivity contribution is 6.05. The van der Waals surface area contributed by atoms with E-state index in [0.717, 1.165) is 22.6 Å². The maximum atomic E-state index is 13.3. The molecule has 0 bridgehead atoms. The lowest BCUT2D eigenvalue weighted by Gasteiger charge is -2.16. The van der Waals surface area contributed by atoms with Gasteiger partial charge in [-0.1, -0.05) is 36.4 Å². The Morgan fingerprint density at radius 2 is 1.23 bits per heavy atom. The van der Waals surface area contributed by atoms with Crippen LogP contribution in [0.15, 0.2) is 122 Å². The van der Waals surface area contributed by atoms with E-state index < -0.39 is 40.9 Å². The van der Waals surface area contributed by atoms with E-state index in [-0.39, 0.29) is 11.3 Å². The van der Waals surface area contributed by atoms with Crippen LogP contribution in [-0.2, 0) is 12.4 Å². The van der Waals surface area contributed by atoms with Crippen molar-refractivity contribution in [2.24, 2.45) is 0 Å². The molecule has 0 aliphatic carbocycles. The fourth-order valence-electron chi connectivity index (χ4n) is 5.27. The number of halogens is 6. The number of pyridine rings is 2. The third kappa shape index (κ3) is 11.6. The average Bonchev–Trinajstić information content (AvgIpc) is 3.18. The summed E-state index contributed by atoms with van der Waals surface area (Å²) in [5.74, 6) is 0.233. The predicted molar refractivity (Wildman–Crippen MR) is 204 cm³/mol. The smallest absolute Gasteiger partial charge is 0.417 e. The molecule has 6 aromatic rings. The second-order valence-corrected chi connectivity index (χ2v) is 12.1. The van der Waals surface area contributed by atoms with Crippen LogP contribution >= 0.6 is 0 Å². The van der Waals surface area contributed by atoms with Gasteiger partial charge < -0.3 is 25.6 Å². The number of methoxy groups -OCH3 is 2. The first kappa shape index (κ1) is 42.8. The summed E-state index contributed by atoms with van der Waals surface area (Å²) in [4.78, 5) is 30.4. The third-order valence-corrected chi connectivity index (χ3v) is 8.22. The minimum absolute atomic E-state index is 0.0634. The summed E-state index contributed by atoms with van der Waals surface area (Å²) in [6, 6.07) is 22.4. The molecule has 1 amide bonds. The summed E-state index contributed by atoms with van der Waals surface area (Å²) in [7, 11) is 3.28. The van der Waals surface area contributed by atoms with E-state index in [1.54, 1.807) is 40.2 Å². The molecule has 3 N–H and O–H groups in total. The Hall–Kier alpha value is -6.90. The van der Waals surface area contributed by atoms with E-state index in [2.05, 4.69) is 15.3 Å². The van der Waals surface area contributed by atoms with Gasteiger partial charge in [0, 0.05) is 41.6 Å². The number of nitrogens with one attached hydrogen (secondary N) is 2. The quantitative estimate of drug-likeness (QED) is 0.154. The minimum atomic E-state index is -4.83. The molecule has 4 aromatic carbocycles. The number of hydrogen-bond acceptors (Lipinski definition) is 6. The Kier molecular flexibility index (Phi) is 14.0. The van der Waals surface area contributed by atoms with Gasteiger partial charge in [0.1, 0.15) is 11.5 Å². The van der Waals surface area contributed by atoms with Gasteiger partial charge in [-0.15, -0.1) is 5.69 Å². The zero-order valence-electron chi connectivity index (χ0n) is 30.8. The van der Waals surface area contributed by atoms with Gasteiger partial charge in [-0.05, 0) is 102 Å². The number of carbonyl (C=O) groups excluding carboxylic acids is 1. The fourth-order valence-corrected chi connectivity index (χ4v) is 5.27. The molecule has 57 heavy (non-hydrogen) atoms. The third-order valence-electron chi connectivity index (χ3n) is 8.22. The van der Waals surface area contributed by atoms with Crippen LogP contribution in [0.1, 0.15) is 43.0 Å².